The summed E-state index contributed by atoms with van der Waals surface area (Å²) in [7, 11) is 0. The summed E-state index contributed by atoms with van der Waals surface area (Å²) in [5.41, 5.74) is 1.21. The molecule has 1 aliphatic rings. The van der Waals surface area contributed by atoms with Gasteiger partial charge in [-0.05, 0) is 31.5 Å². The van der Waals surface area contributed by atoms with Crippen LogP contribution in [0.3, 0.4) is 0 Å². The van der Waals surface area contributed by atoms with E-state index in [-0.39, 0.29) is 5.54 Å². The molecule has 1 aromatic rings. The second-order valence-corrected chi connectivity index (χ2v) is 5.74. The van der Waals surface area contributed by atoms with Crippen LogP contribution in [0.2, 0.25) is 10.0 Å². The van der Waals surface area contributed by atoms with Crippen molar-refractivity contribution in [2.24, 2.45) is 0 Å². The number of hydrogen-bond donors (Lipinski definition) is 1. The lowest BCUT2D eigenvalue weighted by Gasteiger charge is -2.41. The Balaban J connectivity index is 2.26. The maximum absolute atomic E-state index is 6.10. The predicted octanol–water partition coefficient (Wildman–Crippen LogP) is 3.13. The largest absolute Gasteiger partial charge is 0.314 e. The average molecular weight is 273 g/mol. The number of nitrogens with one attached hydrogen (secondary N) is 1. The van der Waals surface area contributed by atoms with E-state index >= 15 is 0 Å². The molecule has 0 saturated carbocycles. The molecule has 2 rings (SSSR count). The molecule has 0 aliphatic carbocycles. The summed E-state index contributed by atoms with van der Waals surface area (Å²) in [4.78, 5) is 2.48. The number of nitrogens with zero attached hydrogens (tertiary/aromatic N) is 1. The molecule has 1 fully saturated rings. The number of piperazine rings is 1. The molecular formula is C13H18Cl2N2. The molecule has 0 amide bonds. The second kappa shape index (κ2) is 5.15. The standard InChI is InChI=1S/C13H18Cl2N2/c1-13(2,17-7-5-16-6-8-17)10-3-4-11(14)12(15)9-10/h3-4,9,16H,5-8H2,1-2H3. The van der Waals surface area contributed by atoms with Gasteiger partial charge in [0, 0.05) is 31.7 Å². The van der Waals surface area contributed by atoms with Crippen LogP contribution in [0.4, 0.5) is 0 Å². The number of hydrogen-bond acceptors (Lipinski definition) is 2. The fraction of sp³-hybridized carbons (Fsp3) is 0.538. The first kappa shape index (κ1) is 13.2. The molecule has 1 aliphatic heterocycles. The summed E-state index contributed by atoms with van der Waals surface area (Å²) in [5.74, 6) is 0. The highest BCUT2D eigenvalue weighted by Crippen LogP contribution is 2.32. The minimum atomic E-state index is -0.00364. The summed E-state index contributed by atoms with van der Waals surface area (Å²) < 4.78 is 0. The molecule has 0 atom stereocenters. The van der Waals surface area contributed by atoms with Crippen molar-refractivity contribution in [1.29, 1.82) is 0 Å². The van der Waals surface area contributed by atoms with Gasteiger partial charge in [0.25, 0.3) is 0 Å². The summed E-state index contributed by atoms with van der Waals surface area (Å²) >= 11 is 12.1. The third kappa shape index (κ3) is 2.76. The van der Waals surface area contributed by atoms with Gasteiger partial charge in [0.15, 0.2) is 0 Å². The molecule has 1 heterocycles. The quantitative estimate of drug-likeness (QED) is 0.890. The predicted molar refractivity (Wildman–Crippen MR) is 73.9 cm³/mol. The van der Waals surface area contributed by atoms with E-state index in [9.17, 15) is 0 Å². The Hall–Kier alpha value is -0.280. The Labute approximate surface area is 113 Å². The molecule has 1 N–H and O–H groups in total. The average Bonchev–Trinajstić information content (AvgIpc) is 2.33. The van der Waals surface area contributed by atoms with Crippen molar-refractivity contribution in [3.63, 3.8) is 0 Å². The van der Waals surface area contributed by atoms with Gasteiger partial charge in [-0.2, -0.15) is 0 Å². The van der Waals surface area contributed by atoms with Crippen molar-refractivity contribution >= 4 is 23.2 Å². The van der Waals surface area contributed by atoms with Crippen LogP contribution in [0.15, 0.2) is 18.2 Å². The van der Waals surface area contributed by atoms with Crippen molar-refractivity contribution in [3.05, 3.63) is 33.8 Å². The van der Waals surface area contributed by atoms with Gasteiger partial charge in [0.05, 0.1) is 10.0 Å². The first-order valence-electron chi connectivity index (χ1n) is 5.93. The number of benzene rings is 1. The molecular weight excluding hydrogens is 255 g/mol. The van der Waals surface area contributed by atoms with Gasteiger partial charge in [-0.1, -0.05) is 29.3 Å². The highest BCUT2D eigenvalue weighted by molar-refractivity contribution is 6.42. The van der Waals surface area contributed by atoms with E-state index in [2.05, 4.69) is 30.1 Å². The summed E-state index contributed by atoms with van der Waals surface area (Å²) in [6, 6.07) is 5.92. The van der Waals surface area contributed by atoms with Crippen LogP contribution in [0, 0.1) is 0 Å². The molecule has 4 heteroatoms. The molecule has 0 unspecified atom stereocenters. The molecule has 1 saturated heterocycles. The van der Waals surface area contributed by atoms with Gasteiger partial charge in [-0.25, -0.2) is 0 Å². The zero-order valence-electron chi connectivity index (χ0n) is 10.3. The monoisotopic (exact) mass is 272 g/mol. The van der Waals surface area contributed by atoms with Crippen LogP contribution < -0.4 is 5.32 Å². The van der Waals surface area contributed by atoms with E-state index in [1.165, 1.54) is 5.56 Å². The van der Waals surface area contributed by atoms with Gasteiger partial charge in [0.2, 0.25) is 0 Å². The fourth-order valence-corrected chi connectivity index (χ4v) is 2.58. The fourth-order valence-electron chi connectivity index (χ4n) is 2.28. The summed E-state index contributed by atoms with van der Waals surface area (Å²) in [5, 5.41) is 4.62. The Bertz CT molecular complexity index is 398. The maximum Gasteiger partial charge on any atom is 0.0595 e. The number of rotatable bonds is 2. The third-order valence-corrected chi connectivity index (χ3v) is 4.27. The summed E-state index contributed by atoms with van der Waals surface area (Å²) in [6.07, 6.45) is 0. The van der Waals surface area contributed by atoms with E-state index in [1.54, 1.807) is 0 Å². The number of halogens is 2. The van der Waals surface area contributed by atoms with E-state index in [1.807, 2.05) is 12.1 Å². The van der Waals surface area contributed by atoms with Crippen LogP contribution in [0.25, 0.3) is 0 Å². The van der Waals surface area contributed by atoms with Gasteiger partial charge in [0.1, 0.15) is 0 Å². The SMILES string of the molecule is CC(C)(c1ccc(Cl)c(Cl)c1)N1CCNCC1. The van der Waals surface area contributed by atoms with Crippen LogP contribution in [-0.2, 0) is 5.54 Å². The van der Waals surface area contributed by atoms with Crippen LogP contribution >= 0.6 is 23.2 Å². The molecule has 1 aromatic carbocycles. The van der Waals surface area contributed by atoms with Crippen molar-refractivity contribution < 1.29 is 0 Å². The van der Waals surface area contributed by atoms with E-state index in [0.29, 0.717) is 10.0 Å². The van der Waals surface area contributed by atoms with Crippen molar-refractivity contribution in [1.82, 2.24) is 10.2 Å². The molecule has 0 spiro atoms. The maximum atomic E-state index is 6.10. The van der Waals surface area contributed by atoms with Gasteiger partial charge >= 0.3 is 0 Å². The smallest absolute Gasteiger partial charge is 0.0595 e. The lowest BCUT2D eigenvalue weighted by Crippen LogP contribution is -2.51. The van der Waals surface area contributed by atoms with E-state index in [4.69, 9.17) is 23.2 Å². The molecule has 2 nitrogen and oxygen atoms in total. The molecule has 94 valence electrons. The van der Waals surface area contributed by atoms with Crippen molar-refractivity contribution in [3.8, 4) is 0 Å². The third-order valence-electron chi connectivity index (χ3n) is 3.53. The molecule has 0 radical (unpaired) electrons. The van der Waals surface area contributed by atoms with E-state index < -0.39 is 0 Å². The zero-order chi connectivity index (χ0) is 12.5. The minimum Gasteiger partial charge on any atom is -0.314 e. The zero-order valence-corrected chi connectivity index (χ0v) is 11.8. The molecule has 0 bridgehead atoms. The first-order chi connectivity index (χ1) is 8.01. The van der Waals surface area contributed by atoms with Gasteiger partial charge in [-0.15, -0.1) is 0 Å². The van der Waals surface area contributed by atoms with Crippen LogP contribution in [0.5, 0.6) is 0 Å². The Morgan fingerprint density at radius 3 is 2.35 bits per heavy atom. The second-order valence-electron chi connectivity index (χ2n) is 4.92. The Kier molecular flexibility index (Phi) is 3.99. The van der Waals surface area contributed by atoms with Gasteiger partial charge < -0.3 is 5.32 Å². The topological polar surface area (TPSA) is 15.3 Å². The van der Waals surface area contributed by atoms with Crippen molar-refractivity contribution in [2.45, 2.75) is 19.4 Å². The molecule has 0 aromatic heterocycles. The minimum absolute atomic E-state index is 0.00364. The van der Waals surface area contributed by atoms with Gasteiger partial charge in [-0.3, -0.25) is 4.90 Å². The highest BCUT2D eigenvalue weighted by atomic mass is 35.5. The first-order valence-corrected chi connectivity index (χ1v) is 6.69. The Morgan fingerprint density at radius 1 is 1.12 bits per heavy atom. The van der Waals surface area contributed by atoms with Crippen LogP contribution in [-0.4, -0.2) is 31.1 Å². The normalized spacial score (nSPS) is 18.4. The lowest BCUT2D eigenvalue weighted by atomic mass is 9.91. The van der Waals surface area contributed by atoms with Crippen LogP contribution in [0.1, 0.15) is 19.4 Å². The van der Waals surface area contributed by atoms with E-state index in [0.717, 1.165) is 26.2 Å². The lowest BCUT2D eigenvalue weighted by molar-refractivity contribution is 0.103. The van der Waals surface area contributed by atoms with Crippen molar-refractivity contribution in [2.75, 3.05) is 26.2 Å². The Morgan fingerprint density at radius 2 is 1.76 bits per heavy atom. The highest BCUT2D eigenvalue weighted by Gasteiger charge is 2.29. The summed E-state index contributed by atoms with van der Waals surface area (Å²) in [6.45, 7) is 8.69. The molecule has 17 heavy (non-hydrogen) atoms.